The third-order valence-corrected chi connectivity index (χ3v) is 5.30. The highest BCUT2D eigenvalue weighted by atomic mass is 79.9. The van der Waals surface area contributed by atoms with Crippen molar-refractivity contribution in [3.8, 4) is 0 Å². The molecule has 1 amide bonds. The monoisotopic (exact) mass is 414 g/mol. The standard InChI is InChI=1S/C16H16BrFN2O3S/c1-11-9-12(7-8-13(11)17)20(24(2,22)23)10-16(21)19-15-6-4-3-5-14(15)18/h3-9H,10H2,1-2H3,(H,19,21). The minimum Gasteiger partial charge on any atom is -0.322 e. The number of para-hydroxylation sites is 1. The molecule has 0 unspecified atom stereocenters. The molecular formula is C16H16BrFN2O3S. The smallest absolute Gasteiger partial charge is 0.245 e. The molecule has 0 atom stereocenters. The highest BCUT2D eigenvalue weighted by molar-refractivity contribution is 9.10. The van der Waals surface area contributed by atoms with Crippen LogP contribution in [-0.2, 0) is 14.8 Å². The van der Waals surface area contributed by atoms with Gasteiger partial charge < -0.3 is 5.32 Å². The minimum absolute atomic E-state index is 0.00272. The maximum atomic E-state index is 13.6. The van der Waals surface area contributed by atoms with Crippen molar-refractivity contribution in [1.82, 2.24) is 0 Å². The van der Waals surface area contributed by atoms with E-state index in [0.29, 0.717) is 5.69 Å². The second kappa shape index (κ2) is 7.31. The van der Waals surface area contributed by atoms with E-state index < -0.39 is 28.3 Å². The number of hydrogen-bond donors (Lipinski definition) is 1. The van der Waals surface area contributed by atoms with Crippen LogP contribution in [0.25, 0.3) is 0 Å². The molecule has 0 spiro atoms. The largest absolute Gasteiger partial charge is 0.322 e. The SMILES string of the molecule is Cc1cc(N(CC(=O)Nc2ccccc2F)S(C)(=O)=O)ccc1Br. The van der Waals surface area contributed by atoms with Crippen molar-refractivity contribution in [1.29, 1.82) is 0 Å². The fourth-order valence-electron chi connectivity index (χ4n) is 2.07. The molecule has 1 N–H and O–H groups in total. The summed E-state index contributed by atoms with van der Waals surface area (Å²) in [5, 5.41) is 2.38. The fourth-order valence-corrected chi connectivity index (χ4v) is 3.16. The predicted molar refractivity (Wildman–Crippen MR) is 96.1 cm³/mol. The maximum Gasteiger partial charge on any atom is 0.245 e. The van der Waals surface area contributed by atoms with Crippen LogP contribution in [0.2, 0.25) is 0 Å². The summed E-state index contributed by atoms with van der Waals surface area (Å²) in [7, 11) is -3.68. The number of sulfonamides is 1. The van der Waals surface area contributed by atoms with Crippen LogP contribution in [0.15, 0.2) is 46.9 Å². The highest BCUT2D eigenvalue weighted by Gasteiger charge is 2.21. The zero-order valence-corrected chi connectivity index (χ0v) is 15.5. The topological polar surface area (TPSA) is 66.5 Å². The third-order valence-electron chi connectivity index (χ3n) is 3.27. The number of carbonyl (C=O) groups excluding carboxylic acids is 1. The van der Waals surface area contributed by atoms with E-state index in [1.54, 1.807) is 24.3 Å². The van der Waals surface area contributed by atoms with Crippen LogP contribution in [0.3, 0.4) is 0 Å². The molecule has 0 heterocycles. The summed E-state index contributed by atoms with van der Waals surface area (Å²) in [5.41, 5.74) is 1.19. The van der Waals surface area contributed by atoms with Crippen molar-refractivity contribution in [2.75, 3.05) is 22.4 Å². The van der Waals surface area contributed by atoms with Gasteiger partial charge in [-0.3, -0.25) is 9.10 Å². The summed E-state index contributed by atoms with van der Waals surface area (Å²) in [6.45, 7) is 1.36. The van der Waals surface area contributed by atoms with Crippen LogP contribution in [-0.4, -0.2) is 27.1 Å². The number of halogens is 2. The maximum absolute atomic E-state index is 13.6. The van der Waals surface area contributed by atoms with E-state index in [-0.39, 0.29) is 5.69 Å². The van der Waals surface area contributed by atoms with Gasteiger partial charge in [-0.1, -0.05) is 28.1 Å². The summed E-state index contributed by atoms with van der Waals surface area (Å²) in [6.07, 6.45) is 1.01. The Morgan fingerprint density at radius 3 is 2.50 bits per heavy atom. The van der Waals surface area contributed by atoms with Crippen molar-refractivity contribution in [2.24, 2.45) is 0 Å². The Labute approximate surface area is 148 Å². The molecule has 128 valence electrons. The molecule has 0 aromatic heterocycles. The zero-order chi connectivity index (χ0) is 17.9. The van der Waals surface area contributed by atoms with Crippen molar-refractivity contribution in [3.05, 3.63) is 58.3 Å². The van der Waals surface area contributed by atoms with Gasteiger partial charge >= 0.3 is 0 Å². The molecule has 8 heteroatoms. The summed E-state index contributed by atoms with van der Waals surface area (Å²) >= 11 is 3.34. The van der Waals surface area contributed by atoms with E-state index >= 15 is 0 Å². The highest BCUT2D eigenvalue weighted by Crippen LogP contribution is 2.24. The van der Waals surface area contributed by atoms with Gasteiger partial charge in [0.15, 0.2) is 0 Å². The van der Waals surface area contributed by atoms with Gasteiger partial charge in [0, 0.05) is 4.47 Å². The lowest BCUT2D eigenvalue weighted by molar-refractivity contribution is -0.114. The third kappa shape index (κ3) is 4.55. The number of aryl methyl sites for hydroxylation is 1. The van der Waals surface area contributed by atoms with Gasteiger partial charge in [0.2, 0.25) is 15.9 Å². The number of hydrogen-bond acceptors (Lipinski definition) is 3. The average Bonchev–Trinajstić information content (AvgIpc) is 2.49. The predicted octanol–water partition coefficient (Wildman–Crippen LogP) is 3.30. The molecule has 2 rings (SSSR count). The Morgan fingerprint density at radius 1 is 1.25 bits per heavy atom. The molecule has 0 saturated carbocycles. The molecule has 2 aromatic carbocycles. The van der Waals surface area contributed by atoms with Gasteiger partial charge in [0.1, 0.15) is 12.4 Å². The molecule has 5 nitrogen and oxygen atoms in total. The molecular weight excluding hydrogens is 399 g/mol. The van der Waals surface area contributed by atoms with Gasteiger partial charge in [0.05, 0.1) is 17.6 Å². The first-order valence-electron chi connectivity index (χ1n) is 6.97. The Hall–Kier alpha value is -1.93. The first kappa shape index (κ1) is 18.4. The van der Waals surface area contributed by atoms with Crippen LogP contribution in [0.1, 0.15) is 5.56 Å². The molecule has 0 fully saturated rings. The van der Waals surface area contributed by atoms with Crippen molar-refractivity contribution < 1.29 is 17.6 Å². The quantitative estimate of drug-likeness (QED) is 0.815. The van der Waals surface area contributed by atoms with Crippen LogP contribution in [0.5, 0.6) is 0 Å². The lowest BCUT2D eigenvalue weighted by atomic mass is 10.2. The molecule has 0 aliphatic heterocycles. The number of amides is 1. The number of rotatable bonds is 5. The molecule has 0 bridgehead atoms. The van der Waals surface area contributed by atoms with Gasteiger partial charge in [-0.2, -0.15) is 0 Å². The molecule has 0 radical (unpaired) electrons. The van der Waals surface area contributed by atoms with E-state index in [1.807, 2.05) is 6.92 Å². The number of benzene rings is 2. The zero-order valence-electron chi connectivity index (χ0n) is 13.1. The van der Waals surface area contributed by atoms with Gasteiger partial charge in [-0.15, -0.1) is 0 Å². The fraction of sp³-hybridized carbons (Fsp3) is 0.188. The van der Waals surface area contributed by atoms with Crippen molar-refractivity contribution in [2.45, 2.75) is 6.92 Å². The van der Waals surface area contributed by atoms with Gasteiger partial charge in [-0.05, 0) is 42.8 Å². The molecule has 0 saturated heterocycles. The van der Waals surface area contributed by atoms with Crippen LogP contribution in [0, 0.1) is 12.7 Å². The van der Waals surface area contributed by atoms with E-state index in [9.17, 15) is 17.6 Å². The van der Waals surface area contributed by atoms with Crippen molar-refractivity contribution in [3.63, 3.8) is 0 Å². The summed E-state index contributed by atoms with van der Waals surface area (Å²) in [6, 6.07) is 10.6. The number of anilines is 2. The molecule has 0 aliphatic carbocycles. The molecule has 0 aliphatic rings. The lowest BCUT2D eigenvalue weighted by Crippen LogP contribution is -2.37. The van der Waals surface area contributed by atoms with Crippen molar-refractivity contribution >= 4 is 43.2 Å². The Morgan fingerprint density at radius 2 is 1.92 bits per heavy atom. The Balaban J connectivity index is 2.25. The van der Waals surface area contributed by atoms with E-state index in [2.05, 4.69) is 21.2 Å². The summed E-state index contributed by atoms with van der Waals surface area (Å²) in [4.78, 5) is 12.2. The van der Waals surface area contributed by atoms with Gasteiger partial charge in [0.25, 0.3) is 0 Å². The first-order valence-corrected chi connectivity index (χ1v) is 9.61. The van der Waals surface area contributed by atoms with Gasteiger partial charge in [-0.25, -0.2) is 12.8 Å². The molecule has 2 aromatic rings. The normalized spacial score (nSPS) is 11.2. The van der Waals surface area contributed by atoms with Crippen LogP contribution >= 0.6 is 15.9 Å². The number of carbonyl (C=O) groups is 1. The number of nitrogens with zero attached hydrogens (tertiary/aromatic N) is 1. The van der Waals surface area contributed by atoms with E-state index in [0.717, 1.165) is 20.6 Å². The lowest BCUT2D eigenvalue weighted by Gasteiger charge is -2.22. The minimum atomic E-state index is -3.68. The Kier molecular flexibility index (Phi) is 5.61. The average molecular weight is 415 g/mol. The summed E-state index contributed by atoms with van der Waals surface area (Å²) in [5.74, 6) is -1.22. The number of nitrogens with one attached hydrogen (secondary N) is 1. The van der Waals surface area contributed by atoms with Crippen LogP contribution < -0.4 is 9.62 Å². The van der Waals surface area contributed by atoms with E-state index in [4.69, 9.17) is 0 Å². The summed E-state index contributed by atoms with van der Waals surface area (Å²) < 4.78 is 39.5. The Bertz CT molecular complexity index is 871. The first-order chi connectivity index (χ1) is 11.2. The van der Waals surface area contributed by atoms with E-state index in [1.165, 1.54) is 18.2 Å². The second-order valence-electron chi connectivity index (χ2n) is 5.23. The molecule has 24 heavy (non-hydrogen) atoms. The van der Waals surface area contributed by atoms with Crippen LogP contribution in [0.4, 0.5) is 15.8 Å². The second-order valence-corrected chi connectivity index (χ2v) is 7.99.